The lowest BCUT2D eigenvalue weighted by Gasteiger charge is -2.15. The fourth-order valence-corrected chi connectivity index (χ4v) is 1.03. The smallest absolute Gasteiger partial charge is 0.0896 e. The van der Waals surface area contributed by atoms with E-state index in [1.54, 1.807) is 0 Å². The predicted octanol–water partition coefficient (Wildman–Crippen LogP) is 1.79. The van der Waals surface area contributed by atoms with Crippen LogP contribution in [0.5, 0.6) is 0 Å². The molecule has 1 N–H and O–H groups in total. The molecule has 0 aliphatic carbocycles. The molecule has 2 rings (SSSR count). The van der Waals surface area contributed by atoms with Gasteiger partial charge in [0, 0.05) is 0 Å². The van der Waals surface area contributed by atoms with Crippen molar-refractivity contribution >= 4 is 11.4 Å². The normalized spacial score (nSPS) is 15.0. The SMILES string of the molecule is Cc1ccc(NN=C2COC2)cc1. The van der Waals surface area contributed by atoms with Crippen LogP contribution in [-0.4, -0.2) is 18.9 Å². The largest absolute Gasteiger partial charge is 0.369 e. The topological polar surface area (TPSA) is 33.6 Å². The third kappa shape index (κ3) is 2.06. The molecule has 3 heteroatoms. The Morgan fingerprint density at radius 1 is 1.23 bits per heavy atom. The van der Waals surface area contributed by atoms with E-state index in [0.29, 0.717) is 13.2 Å². The Kier molecular flexibility index (Phi) is 2.27. The number of anilines is 1. The summed E-state index contributed by atoms with van der Waals surface area (Å²) in [5, 5.41) is 4.17. The van der Waals surface area contributed by atoms with Crippen molar-refractivity contribution in [2.75, 3.05) is 18.6 Å². The molecule has 0 unspecified atom stereocenters. The molecule has 0 amide bonds. The van der Waals surface area contributed by atoms with Crippen molar-refractivity contribution in [3.63, 3.8) is 0 Å². The minimum Gasteiger partial charge on any atom is -0.369 e. The second-order valence-electron chi connectivity index (χ2n) is 3.15. The van der Waals surface area contributed by atoms with Crippen molar-refractivity contribution < 1.29 is 4.74 Å². The van der Waals surface area contributed by atoms with Crippen LogP contribution in [-0.2, 0) is 4.74 Å². The van der Waals surface area contributed by atoms with Gasteiger partial charge in [-0.2, -0.15) is 5.10 Å². The van der Waals surface area contributed by atoms with E-state index in [-0.39, 0.29) is 0 Å². The van der Waals surface area contributed by atoms with Gasteiger partial charge in [0.2, 0.25) is 0 Å². The molecule has 0 radical (unpaired) electrons. The number of nitrogens with one attached hydrogen (secondary N) is 1. The average molecular weight is 176 g/mol. The zero-order chi connectivity index (χ0) is 9.10. The minimum absolute atomic E-state index is 0.666. The summed E-state index contributed by atoms with van der Waals surface area (Å²) in [5.41, 5.74) is 6.33. The Bertz CT molecular complexity index is 310. The van der Waals surface area contributed by atoms with Crippen LogP contribution in [0.15, 0.2) is 29.4 Å². The monoisotopic (exact) mass is 176 g/mol. The third-order valence-corrected chi connectivity index (χ3v) is 1.93. The first-order valence-electron chi connectivity index (χ1n) is 4.30. The first kappa shape index (κ1) is 8.26. The Labute approximate surface area is 77.4 Å². The third-order valence-electron chi connectivity index (χ3n) is 1.93. The van der Waals surface area contributed by atoms with Crippen LogP contribution in [0, 0.1) is 6.92 Å². The maximum absolute atomic E-state index is 4.97. The molecule has 68 valence electrons. The van der Waals surface area contributed by atoms with E-state index < -0.39 is 0 Å². The van der Waals surface area contributed by atoms with Gasteiger partial charge >= 0.3 is 0 Å². The maximum atomic E-state index is 4.97. The molecule has 1 aromatic rings. The van der Waals surface area contributed by atoms with Crippen LogP contribution in [0.4, 0.5) is 5.69 Å². The first-order chi connectivity index (χ1) is 6.34. The second-order valence-corrected chi connectivity index (χ2v) is 3.15. The first-order valence-corrected chi connectivity index (χ1v) is 4.30. The van der Waals surface area contributed by atoms with Crippen molar-refractivity contribution in [1.82, 2.24) is 0 Å². The molecule has 0 atom stereocenters. The second kappa shape index (κ2) is 3.58. The van der Waals surface area contributed by atoms with Crippen LogP contribution >= 0.6 is 0 Å². The summed E-state index contributed by atoms with van der Waals surface area (Å²) in [6.45, 7) is 3.40. The van der Waals surface area contributed by atoms with Crippen LogP contribution in [0.2, 0.25) is 0 Å². The summed E-state index contributed by atoms with van der Waals surface area (Å²) in [6, 6.07) is 8.14. The summed E-state index contributed by atoms with van der Waals surface area (Å²) >= 11 is 0. The molecule has 3 nitrogen and oxygen atoms in total. The number of ether oxygens (including phenoxy) is 1. The summed E-state index contributed by atoms with van der Waals surface area (Å²) in [4.78, 5) is 0. The van der Waals surface area contributed by atoms with Gasteiger partial charge in [0.05, 0.1) is 24.6 Å². The molecule has 1 aliphatic heterocycles. The number of hydrogen-bond donors (Lipinski definition) is 1. The number of nitrogens with zero attached hydrogens (tertiary/aromatic N) is 1. The van der Waals surface area contributed by atoms with Crippen molar-refractivity contribution in [3.05, 3.63) is 29.8 Å². The molecule has 13 heavy (non-hydrogen) atoms. The highest BCUT2D eigenvalue weighted by Crippen LogP contribution is 2.08. The van der Waals surface area contributed by atoms with Gasteiger partial charge < -0.3 is 4.74 Å². The minimum atomic E-state index is 0.666. The van der Waals surface area contributed by atoms with Gasteiger partial charge in [-0.25, -0.2) is 0 Å². The van der Waals surface area contributed by atoms with E-state index in [1.807, 2.05) is 12.1 Å². The molecule has 1 saturated heterocycles. The number of benzene rings is 1. The van der Waals surface area contributed by atoms with Crippen molar-refractivity contribution in [2.45, 2.75) is 6.92 Å². The molecular formula is C10H12N2O. The zero-order valence-corrected chi connectivity index (χ0v) is 7.58. The van der Waals surface area contributed by atoms with Gasteiger partial charge in [0.25, 0.3) is 0 Å². The lowest BCUT2D eigenvalue weighted by molar-refractivity contribution is 0.159. The fourth-order valence-electron chi connectivity index (χ4n) is 1.03. The highest BCUT2D eigenvalue weighted by Gasteiger charge is 2.09. The van der Waals surface area contributed by atoms with Crippen LogP contribution < -0.4 is 5.43 Å². The van der Waals surface area contributed by atoms with Gasteiger partial charge in [-0.15, -0.1) is 0 Å². The number of aryl methyl sites for hydroxylation is 1. The van der Waals surface area contributed by atoms with Gasteiger partial charge in [0.15, 0.2) is 0 Å². The molecule has 0 spiro atoms. The fraction of sp³-hybridized carbons (Fsp3) is 0.300. The number of hydrogen-bond acceptors (Lipinski definition) is 3. The van der Waals surface area contributed by atoms with Crippen LogP contribution in [0.25, 0.3) is 0 Å². The van der Waals surface area contributed by atoms with Gasteiger partial charge in [0.1, 0.15) is 0 Å². The van der Waals surface area contributed by atoms with Gasteiger partial charge in [-0.05, 0) is 19.1 Å². The van der Waals surface area contributed by atoms with E-state index in [2.05, 4.69) is 29.6 Å². The Hall–Kier alpha value is -1.35. The zero-order valence-electron chi connectivity index (χ0n) is 7.58. The van der Waals surface area contributed by atoms with Gasteiger partial charge in [-0.1, -0.05) is 17.7 Å². The van der Waals surface area contributed by atoms with Crippen LogP contribution in [0.1, 0.15) is 5.56 Å². The van der Waals surface area contributed by atoms with Crippen molar-refractivity contribution in [3.8, 4) is 0 Å². The Balaban J connectivity index is 1.97. The summed E-state index contributed by atoms with van der Waals surface area (Å²) in [7, 11) is 0. The van der Waals surface area contributed by atoms with Crippen molar-refractivity contribution in [2.24, 2.45) is 5.10 Å². The lowest BCUT2D eigenvalue weighted by Crippen LogP contribution is -2.28. The quantitative estimate of drug-likeness (QED) is 0.697. The van der Waals surface area contributed by atoms with Crippen molar-refractivity contribution in [1.29, 1.82) is 0 Å². The average Bonchev–Trinajstić information content (AvgIpc) is 2.05. The number of rotatable bonds is 2. The van der Waals surface area contributed by atoms with E-state index >= 15 is 0 Å². The summed E-state index contributed by atoms with van der Waals surface area (Å²) in [5.74, 6) is 0. The van der Waals surface area contributed by atoms with Gasteiger partial charge in [-0.3, -0.25) is 5.43 Å². The molecule has 0 bridgehead atoms. The highest BCUT2D eigenvalue weighted by atomic mass is 16.5. The predicted molar refractivity (Wildman–Crippen MR) is 53.1 cm³/mol. The molecular weight excluding hydrogens is 164 g/mol. The molecule has 1 aliphatic rings. The highest BCUT2D eigenvalue weighted by molar-refractivity contribution is 5.91. The Morgan fingerprint density at radius 2 is 1.92 bits per heavy atom. The maximum Gasteiger partial charge on any atom is 0.0896 e. The van der Waals surface area contributed by atoms with E-state index in [0.717, 1.165) is 11.4 Å². The summed E-state index contributed by atoms with van der Waals surface area (Å²) < 4.78 is 4.97. The molecule has 1 fully saturated rings. The molecule has 1 aromatic carbocycles. The van der Waals surface area contributed by atoms with Crippen LogP contribution in [0.3, 0.4) is 0 Å². The lowest BCUT2D eigenvalue weighted by atomic mass is 10.2. The standard InChI is InChI=1S/C10H12N2O/c1-8-2-4-9(5-3-8)11-12-10-6-13-7-10/h2-5,11H,6-7H2,1H3. The summed E-state index contributed by atoms with van der Waals surface area (Å²) in [6.07, 6.45) is 0. The molecule has 0 aromatic heterocycles. The Morgan fingerprint density at radius 3 is 2.46 bits per heavy atom. The number of hydrazone groups is 1. The van der Waals surface area contributed by atoms with E-state index in [9.17, 15) is 0 Å². The molecule has 1 heterocycles. The van der Waals surface area contributed by atoms with E-state index in [4.69, 9.17) is 4.74 Å². The van der Waals surface area contributed by atoms with E-state index in [1.165, 1.54) is 5.56 Å². The molecule has 0 saturated carbocycles.